The quantitative estimate of drug-likeness (QED) is 0.113. The van der Waals surface area contributed by atoms with Crippen molar-refractivity contribution < 1.29 is 28.7 Å². The maximum Gasteiger partial charge on any atom is 0.261 e. The molecule has 0 saturated carbocycles. The van der Waals surface area contributed by atoms with E-state index in [1.807, 2.05) is 48.5 Å². The summed E-state index contributed by atoms with van der Waals surface area (Å²) in [6.07, 6.45) is 2.37. The number of benzene rings is 4. The molecule has 8 nitrogen and oxygen atoms in total. The van der Waals surface area contributed by atoms with Gasteiger partial charge in [-0.15, -0.1) is 0 Å². The van der Waals surface area contributed by atoms with Gasteiger partial charge in [0.25, 0.3) is 17.1 Å². The van der Waals surface area contributed by atoms with Crippen LogP contribution in [0.4, 0.5) is 0 Å². The van der Waals surface area contributed by atoms with Crippen LogP contribution in [0.15, 0.2) is 144 Å². The Labute approximate surface area is 327 Å². The Morgan fingerprint density at radius 3 is 1.50 bits per heavy atom. The number of methoxy groups -OCH3 is 2. The summed E-state index contributed by atoms with van der Waals surface area (Å²) >= 11 is 11.9. The molecule has 0 atom stereocenters. The monoisotopic (exact) mass is 850 g/mol. The molecule has 0 aliphatic rings. The van der Waals surface area contributed by atoms with Crippen molar-refractivity contribution in [3.63, 3.8) is 0 Å². The minimum atomic E-state index is -0.516. The lowest BCUT2D eigenvalue weighted by atomic mass is 10.1. The van der Waals surface area contributed by atoms with Crippen molar-refractivity contribution >= 4 is 77.6 Å². The molecule has 4 aromatic rings. The third-order valence-corrected chi connectivity index (χ3v) is 8.16. The average Bonchev–Trinajstić information content (AvgIpc) is 3.16. The Bertz CT molecular complexity index is 1840. The summed E-state index contributed by atoms with van der Waals surface area (Å²) in [5, 5.41) is 2.17. The van der Waals surface area contributed by atoms with Crippen molar-refractivity contribution in [1.29, 1.82) is 0 Å². The maximum atomic E-state index is 12.8. The van der Waals surface area contributed by atoms with E-state index in [1.54, 1.807) is 62.8 Å². The van der Waals surface area contributed by atoms with Gasteiger partial charge in [-0.2, -0.15) is 0 Å². The van der Waals surface area contributed by atoms with Crippen LogP contribution in [-0.2, 0) is 32.3 Å². The molecule has 0 spiro atoms. The van der Waals surface area contributed by atoms with Gasteiger partial charge in [-0.05, 0) is 94.5 Å². The number of amides is 3. The molecule has 4 rings (SSSR count). The van der Waals surface area contributed by atoms with Gasteiger partial charge in [-0.25, -0.2) is 0 Å². The first kappa shape index (κ1) is 45.0. The lowest BCUT2D eigenvalue weighted by Crippen LogP contribution is -2.35. The molecule has 1 N–H and O–H groups in total. The van der Waals surface area contributed by atoms with Crippen LogP contribution in [0.1, 0.15) is 29.7 Å². The number of ether oxygens (including phenoxy) is 2. The Kier molecular flexibility index (Phi) is 20.3. The first-order valence-corrected chi connectivity index (χ1v) is 17.0. The smallest absolute Gasteiger partial charge is 0.261 e. The fraction of sp³-hybridized carbons (Fsp3) is 0.122. The number of rotatable bonds is 12. The number of halogens is 3. The standard InChI is InChI=1S/C20H18BrNO3.C11H13NO2.C9H6BrClO.CH4/c1-4-19(23)22(13-15-5-11-18(25-3)12-6-15)20(24)14(2)16-7-9-17(21)10-8-16;1-3-11(13)12-8-9-4-6-10(14-2)7-5-9;1-6(9(11)12)7-2-4-8(10)5-3-7;/h4-12H,1-2,13H2,3H3;3-7H,1,8H2,2H3,(H,12,13);2-5H,1H2;1H4. The molecule has 0 aliphatic carbocycles. The highest BCUT2D eigenvalue weighted by Crippen LogP contribution is 2.21. The number of carbonyl (C=O) groups excluding carboxylic acids is 4. The van der Waals surface area contributed by atoms with Gasteiger partial charge in [0.15, 0.2) is 0 Å². The Balaban J connectivity index is 0.000000424. The average molecular weight is 853 g/mol. The van der Waals surface area contributed by atoms with Crippen molar-refractivity contribution in [2.45, 2.75) is 20.5 Å². The molecule has 0 fully saturated rings. The van der Waals surface area contributed by atoms with Crippen LogP contribution in [0.25, 0.3) is 11.1 Å². The van der Waals surface area contributed by atoms with Crippen LogP contribution < -0.4 is 14.8 Å². The summed E-state index contributed by atoms with van der Waals surface area (Å²) in [4.78, 5) is 47.6. The van der Waals surface area contributed by atoms with Crippen LogP contribution in [-0.4, -0.2) is 42.1 Å². The van der Waals surface area contributed by atoms with E-state index < -0.39 is 17.1 Å². The van der Waals surface area contributed by atoms with Gasteiger partial charge in [0.1, 0.15) is 11.5 Å². The van der Waals surface area contributed by atoms with Crippen molar-refractivity contribution in [3.8, 4) is 11.5 Å². The Hall–Kier alpha value is -5.03. The molecule has 3 amide bonds. The molecule has 52 heavy (non-hydrogen) atoms. The molecule has 0 unspecified atom stereocenters. The zero-order valence-electron chi connectivity index (χ0n) is 28.2. The van der Waals surface area contributed by atoms with Crippen molar-refractivity contribution in [2.75, 3.05) is 14.2 Å². The summed E-state index contributed by atoms with van der Waals surface area (Å²) in [6, 6.07) is 29.1. The van der Waals surface area contributed by atoms with Crippen molar-refractivity contribution in [1.82, 2.24) is 10.2 Å². The minimum Gasteiger partial charge on any atom is -0.497 e. The highest BCUT2D eigenvalue weighted by Gasteiger charge is 2.23. The van der Waals surface area contributed by atoms with E-state index in [4.69, 9.17) is 21.1 Å². The SMILES string of the molecule is C.C=C(C(=O)Cl)c1ccc(Br)cc1.C=CC(=O)N(Cc1ccc(OC)cc1)C(=O)C(=C)c1ccc(Br)cc1.C=CC(=O)NCc1ccc(OC)cc1. The van der Waals surface area contributed by atoms with Gasteiger partial charge in [0.2, 0.25) is 5.91 Å². The molecule has 0 radical (unpaired) electrons. The number of allylic oxidation sites excluding steroid dienone is 1. The highest BCUT2D eigenvalue weighted by molar-refractivity contribution is 9.10. The molecule has 272 valence electrons. The number of carbonyl (C=O) groups is 4. The fourth-order valence-electron chi connectivity index (χ4n) is 3.98. The van der Waals surface area contributed by atoms with Crippen LogP contribution in [0, 0.1) is 0 Å². The molecule has 11 heteroatoms. The van der Waals surface area contributed by atoms with Gasteiger partial charge in [-0.1, -0.05) is 114 Å². The van der Waals surface area contributed by atoms with Crippen LogP contribution >= 0.6 is 43.5 Å². The first-order valence-electron chi connectivity index (χ1n) is 15.1. The summed E-state index contributed by atoms with van der Waals surface area (Å²) in [6.45, 7) is 14.9. The lowest BCUT2D eigenvalue weighted by Gasteiger charge is -2.21. The first-order chi connectivity index (χ1) is 24.3. The predicted octanol–water partition coefficient (Wildman–Crippen LogP) is 9.57. The number of nitrogens with zero attached hydrogens (tertiary/aromatic N) is 1. The molecule has 0 heterocycles. The summed E-state index contributed by atoms with van der Waals surface area (Å²) in [5.41, 5.74) is 3.80. The van der Waals surface area contributed by atoms with E-state index in [1.165, 1.54) is 6.08 Å². The van der Waals surface area contributed by atoms with E-state index in [0.717, 1.165) is 42.4 Å². The van der Waals surface area contributed by atoms with Gasteiger partial charge in [-0.3, -0.25) is 24.1 Å². The summed E-state index contributed by atoms with van der Waals surface area (Å²) in [7, 11) is 3.20. The van der Waals surface area contributed by atoms with E-state index >= 15 is 0 Å². The lowest BCUT2D eigenvalue weighted by molar-refractivity contribution is -0.138. The second-order valence-corrected chi connectivity index (χ2v) is 12.5. The second-order valence-electron chi connectivity index (χ2n) is 10.3. The van der Waals surface area contributed by atoms with E-state index in [9.17, 15) is 19.2 Å². The third-order valence-electron chi connectivity index (χ3n) is 6.88. The zero-order valence-corrected chi connectivity index (χ0v) is 32.1. The summed E-state index contributed by atoms with van der Waals surface area (Å²) in [5.74, 6) is 0.419. The maximum absolute atomic E-state index is 12.8. The highest BCUT2D eigenvalue weighted by atomic mass is 79.9. The Morgan fingerprint density at radius 1 is 0.692 bits per heavy atom. The zero-order chi connectivity index (χ0) is 37.9. The van der Waals surface area contributed by atoms with Crippen LogP contribution in [0.5, 0.6) is 11.5 Å². The molecule has 0 aliphatic heterocycles. The predicted molar refractivity (Wildman–Crippen MR) is 218 cm³/mol. The minimum absolute atomic E-state index is 0. The molecule has 4 aromatic carbocycles. The third kappa shape index (κ3) is 15.1. The fourth-order valence-corrected chi connectivity index (χ4v) is 4.62. The summed E-state index contributed by atoms with van der Waals surface area (Å²) < 4.78 is 12.0. The van der Waals surface area contributed by atoms with Gasteiger partial charge < -0.3 is 14.8 Å². The van der Waals surface area contributed by atoms with Crippen molar-refractivity contribution in [3.05, 3.63) is 167 Å². The molecule has 0 bridgehead atoms. The number of nitrogens with one attached hydrogen (secondary N) is 1. The van der Waals surface area contributed by atoms with Gasteiger partial charge in [0.05, 0.1) is 20.8 Å². The largest absolute Gasteiger partial charge is 0.497 e. The van der Waals surface area contributed by atoms with Crippen molar-refractivity contribution in [2.24, 2.45) is 0 Å². The van der Waals surface area contributed by atoms with Gasteiger partial charge >= 0.3 is 0 Å². The van der Waals surface area contributed by atoms with Crippen LogP contribution in [0.2, 0.25) is 0 Å². The van der Waals surface area contributed by atoms with Crippen LogP contribution in [0.3, 0.4) is 0 Å². The van der Waals surface area contributed by atoms with Gasteiger partial charge in [0, 0.05) is 26.6 Å². The number of imide groups is 1. The van der Waals surface area contributed by atoms with E-state index in [0.29, 0.717) is 23.4 Å². The Morgan fingerprint density at radius 2 is 1.12 bits per heavy atom. The van der Waals surface area contributed by atoms with E-state index in [-0.39, 0.29) is 25.5 Å². The normalized spacial score (nSPS) is 9.48. The molecule has 0 saturated heterocycles. The molecular formula is C41H41Br2ClN2O6. The second kappa shape index (κ2) is 23.4. The number of hydrogen-bond acceptors (Lipinski definition) is 6. The topological polar surface area (TPSA) is 102 Å². The van der Waals surface area contributed by atoms with E-state index in [2.05, 4.69) is 63.5 Å². The molecule has 0 aromatic heterocycles. The molecular weight excluding hydrogens is 812 g/mol. The number of hydrogen-bond donors (Lipinski definition) is 1.